The van der Waals surface area contributed by atoms with Gasteiger partial charge in [-0.15, -0.1) is 0 Å². The number of alkyl halides is 3. The number of halogens is 3. The van der Waals surface area contributed by atoms with Gasteiger partial charge >= 0.3 is 6.18 Å². The first-order chi connectivity index (χ1) is 12.8. The van der Waals surface area contributed by atoms with Gasteiger partial charge in [-0.3, -0.25) is 9.59 Å². The van der Waals surface area contributed by atoms with Crippen LogP contribution in [-0.2, 0) is 4.79 Å². The van der Waals surface area contributed by atoms with Crippen molar-refractivity contribution in [3.63, 3.8) is 0 Å². The SMILES string of the molecule is O=C(Nc1ccc(OCC(F)(F)F)cc1)[C@@H]1CCCN1C(=O)c1ccco1. The monoisotopic (exact) mass is 382 g/mol. The smallest absolute Gasteiger partial charge is 0.422 e. The summed E-state index contributed by atoms with van der Waals surface area (Å²) in [5.41, 5.74) is 0.400. The van der Waals surface area contributed by atoms with Gasteiger partial charge < -0.3 is 19.4 Å². The highest BCUT2D eigenvalue weighted by Crippen LogP contribution is 2.23. The van der Waals surface area contributed by atoms with E-state index in [1.54, 1.807) is 6.07 Å². The van der Waals surface area contributed by atoms with Gasteiger partial charge in [-0.1, -0.05) is 0 Å². The van der Waals surface area contributed by atoms with Crippen LogP contribution in [0, 0.1) is 0 Å². The number of nitrogens with one attached hydrogen (secondary N) is 1. The van der Waals surface area contributed by atoms with E-state index in [0.29, 0.717) is 25.1 Å². The molecule has 1 aliphatic rings. The number of anilines is 1. The third-order valence-electron chi connectivity index (χ3n) is 4.07. The van der Waals surface area contributed by atoms with Gasteiger partial charge in [0.2, 0.25) is 5.91 Å². The maximum atomic E-state index is 12.5. The number of carbonyl (C=O) groups excluding carboxylic acids is 2. The summed E-state index contributed by atoms with van der Waals surface area (Å²) in [6, 6.07) is 8.05. The quantitative estimate of drug-likeness (QED) is 0.860. The molecule has 1 aliphatic heterocycles. The van der Waals surface area contributed by atoms with E-state index in [0.717, 1.165) is 0 Å². The van der Waals surface area contributed by atoms with E-state index < -0.39 is 18.8 Å². The Balaban J connectivity index is 1.60. The Morgan fingerprint density at radius 2 is 1.96 bits per heavy atom. The van der Waals surface area contributed by atoms with Crippen molar-refractivity contribution in [2.24, 2.45) is 0 Å². The molecule has 0 spiro atoms. The minimum atomic E-state index is -4.42. The van der Waals surface area contributed by atoms with Gasteiger partial charge in [-0.25, -0.2) is 0 Å². The molecule has 1 N–H and O–H groups in total. The van der Waals surface area contributed by atoms with E-state index in [9.17, 15) is 22.8 Å². The minimum Gasteiger partial charge on any atom is -0.484 e. The zero-order chi connectivity index (χ0) is 19.4. The molecule has 0 radical (unpaired) electrons. The lowest BCUT2D eigenvalue weighted by atomic mass is 10.2. The molecule has 6 nitrogen and oxygen atoms in total. The van der Waals surface area contributed by atoms with Crippen molar-refractivity contribution < 1.29 is 31.9 Å². The van der Waals surface area contributed by atoms with Crippen molar-refractivity contribution in [2.45, 2.75) is 25.1 Å². The van der Waals surface area contributed by atoms with Crippen molar-refractivity contribution in [1.29, 1.82) is 0 Å². The first-order valence-corrected chi connectivity index (χ1v) is 8.28. The summed E-state index contributed by atoms with van der Waals surface area (Å²) in [6.45, 7) is -0.938. The molecule has 2 amide bonds. The largest absolute Gasteiger partial charge is 0.484 e. The fraction of sp³-hybridized carbons (Fsp3) is 0.333. The van der Waals surface area contributed by atoms with Crippen molar-refractivity contribution in [2.75, 3.05) is 18.5 Å². The molecule has 1 aromatic heterocycles. The summed E-state index contributed by atoms with van der Waals surface area (Å²) in [6.07, 6.45) is -1.82. The van der Waals surface area contributed by atoms with Gasteiger partial charge in [-0.05, 0) is 49.2 Å². The minimum absolute atomic E-state index is 0.0424. The van der Waals surface area contributed by atoms with E-state index >= 15 is 0 Å². The summed E-state index contributed by atoms with van der Waals surface area (Å²) in [5.74, 6) is -0.508. The number of hydrogen-bond acceptors (Lipinski definition) is 4. The fourth-order valence-electron chi connectivity index (χ4n) is 2.85. The van der Waals surface area contributed by atoms with Gasteiger partial charge in [0.15, 0.2) is 12.4 Å². The molecule has 144 valence electrons. The molecule has 2 aromatic rings. The average Bonchev–Trinajstić information content (AvgIpc) is 3.31. The van der Waals surface area contributed by atoms with Gasteiger partial charge in [-0.2, -0.15) is 13.2 Å². The lowest BCUT2D eigenvalue weighted by Crippen LogP contribution is -2.43. The topological polar surface area (TPSA) is 71.8 Å². The number of hydrogen-bond donors (Lipinski definition) is 1. The molecule has 0 unspecified atom stereocenters. The highest BCUT2D eigenvalue weighted by Gasteiger charge is 2.35. The molecule has 1 aromatic carbocycles. The molecular weight excluding hydrogens is 365 g/mol. The number of nitrogens with zero attached hydrogens (tertiary/aromatic N) is 1. The molecule has 0 aliphatic carbocycles. The number of likely N-dealkylation sites (tertiary alicyclic amines) is 1. The van der Waals surface area contributed by atoms with Crippen LogP contribution >= 0.6 is 0 Å². The number of rotatable bonds is 5. The Morgan fingerprint density at radius 3 is 2.59 bits per heavy atom. The van der Waals surface area contributed by atoms with Crippen LogP contribution in [0.25, 0.3) is 0 Å². The van der Waals surface area contributed by atoms with Crippen molar-refractivity contribution in [3.05, 3.63) is 48.4 Å². The third-order valence-corrected chi connectivity index (χ3v) is 4.07. The number of carbonyl (C=O) groups is 2. The number of ether oxygens (including phenoxy) is 1. The van der Waals surface area contributed by atoms with E-state index in [4.69, 9.17) is 4.42 Å². The maximum absolute atomic E-state index is 12.5. The van der Waals surface area contributed by atoms with E-state index in [1.165, 1.54) is 41.5 Å². The Morgan fingerprint density at radius 1 is 1.22 bits per heavy atom. The van der Waals surface area contributed by atoms with E-state index in [2.05, 4.69) is 10.1 Å². The second-order valence-electron chi connectivity index (χ2n) is 6.05. The fourth-order valence-corrected chi connectivity index (χ4v) is 2.85. The second kappa shape index (κ2) is 7.73. The normalized spacial score (nSPS) is 17.0. The van der Waals surface area contributed by atoms with Crippen LogP contribution in [-0.4, -0.2) is 42.1 Å². The summed E-state index contributed by atoms with van der Waals surface area (Å²) in [4.78, 5) is 26.4. The second-order valence-corrected chi connectivity index (χ2v) is 6.05. The summed E-state index contributed by atoms with van der Waals surface area (Å²) in [7, 11) is 0. The van der Waals surface area contributed by atoms with Crippen molar-refractivity contribution in [1.82, 2.24) is 4.90 Å². The summed E-state index contributed by atoms with van der Waals surface area (Å²) >= 11 is 0. The highest BCUT2D eigenvalue weighted by atomic mass is 19.4. The van der Waals surface area contributed by atoms with Crippen LogP contribution in [0.15, 0.2) is 47.1 Å². The van der Waals surface area contributed by atoms with Crippen LogP contribution in [0.2, 0.25) is 0 Å². The first kappa shape index (κ1) is 18.8. The average molecular weight is 382 g/mol. The molecule has 27 heavy (non-hydrogen) atoms. The van der Waals surface area contributed by atoms with Crippen LogP contribution in [0.1, 0.15) is 23.4 Å². The number of benzene rings is 1. The first-order valence-electron chi connectivity index (χ1n) is 8.28. The van der Waals surface area contributed by atoms with Crippen molar-refractivity contribution >= 4 is 17.5 Å². The van der Waals surface area contributed by atoms with E-state index in [1.807, 2.05) is 0 Å². The molecule has 3 rings (SSSR count). The standard InChI is InChI=1S/C18H17F3N2O4/c19-18(20,21)11-27-13-7-5-12(6-8-13)22-16(24)14-3-1-9-23(14)17(25)15-4-2-10-26-15/h2,4-8,10,14H,1,3,9,11H2,(H,22,24)/t14-/m0/s1. The summed E-state index contributed by atoms with van der Waals surface area (Å²) in [5, 5.41) is 2.67. The molecule has 1 atom stereocenters. The maximum Gasteiger partial charge on any atom is 0.422 e. The van der Waals surface area contributed by atoms with Gasteiger partial charge in [0.25, 0.3) is 5.91 Å². The van der Waals surface area contributed by atoms with E-state index in [-0.39, 0.29) is 23.3 Å². The molecule has 1 saturated heterocycles. The highest BCUT2D eigenvalue weighted by molar-refractivity contribution is 6.00. The molecule has 9 heteroatoms. The molecule has 1 fully saturated rings. The predicted molar refractivity (Wildman–Crippen MR) is 89.4 cm³/mol. The lowest BCUT2D eigenvalue weighted by Gasteiger charge is -2.23. The van der Waals surface area contributed by atoms with Crippen LogP contribution in [0.4, 0.5) is 18.9 Å². The summed E-state index contributed by atoms with van der Waals surface area (Å²) < 4.78 is 46.2. The molecule has 2 heterocycles. The molecule has 0 bridgehead atoms. The molecule has 0 saturated carbocycles. The zero-order valence-electron chi connectivity index (χ0n) is 14.2. The van der Waals surface area contributed by atoms with Crippen LogP contribution in [0.5, 0.6) is 5.75 Å². The zero-order valence-corrected chi connectivity index (χ0v) is 14.2. The Kier molecular flexibility index (Phi) is 5.38. The predicted octanol–water partition coefficient (Wildman–Crippen LogP) is 3.46. The Labute approximate surface area is 152 Å². The number of amides is 2. The van der Waals surface area contributed by atoms with Gasteiger partial charge in [0.05, 0.1) is 6.26 Å². The van der Waals surface area contributed by atoms with Crippen LogP contribution < -0.4 is 10.1 Å². The molecular formula is C18H17F3N2O4. The Hall–Kier alpha value is -2.97. The lowest BCUT2D eigenvalue weighted by molar-refractivity contribution is -0.153. The van der Waals surface area contributed by atoms with Crippen molar-refractivity contribution in [3.8, 4) is 5.75 Å². The van der Waals surface area contributed by atoms with Crippen LogP contribution in [0.3, 0.4) is 0 Å². The number of furan rings is 1. The van der Waals surface area contributed by atoms with Gasteiger partial charge in [0, 0.05) is 12.2 Å². The third kappa shape index (κ3) is 4.81. The Bertz CT molecular complexity index is 788. The van der Waals surface area contributed by atoms with Gasteiger partial charge in [0.1, 0.15) is 11.8 Å².